The first-order chi connectivity index (χ1) is 12.7. The molecule has 3 aromatic rings. The molecule has 0 bridgehead atoms. The lowest BCUT2D eigenvalue weighted by Crippen LogP contribution is -2.14. The molecule has 1 aromatic carbocycles. The first-order valence-corrected chi connectivity index (χ1v) is 10.1. The maximum absolute atomic E-state index is 12.1. The van der Waals surface area contributed by atoms with E-state index < -0.39 is 0 Å². The Labute approximate surface area is 159 Å². The Morgan fingerprint density at radius 2 is 2.15 bits per heavy atom. The van der Waals surface area contributed by atoms with Gasteiger partial charge in [-0.05, 0) is 26.0 Å². The van der Waals surface area contributed by atoms with Crippen LogP contribution in [-0.2, 0) is 11.3 Å². The molecule has 0 radical (unpaired) electrons. The second kappa shape index (κ2) is 8.81. The van der Waals surface area contributed by atoms with Crippen LogP contribution in [0.25, 0.3) is 11.4 Å². The van der Waals surface area contributed by atoms with Crippen LogP contribution in [0.3, 0.4) is 0 Å². The van der Waals surface area contributed by atoms with Crippen molar-refractivity contribution >= 4 is 34.1 Å². The van der Waals surface area contributed by atoms with Gasteiger partial charge in [0.1, 0.15) is 5.75 Å². The van der Waals surface area contributed by atoms with Crippen molar-refractivity contribution in [1.82, 2.24) is 19.7 Å². The summed E-state index contributed by atoms with van der Waals surface area (Å²) in [4.78, 5) is 16.1. The van der Waals surface area contributed by atoms with E-state index in [-0.39, 0.29) is 11.7 Å². The Morgan fingerprint density at radius 1 is 1.31 bits per heavy atom. The molecule has 26 heavy (non-hydrogen) atoms. The van der Waals surface area contributed by atoms with E-state index in [0.717, 1.165) is 17.1 Å². The van der Waals surface area contributed by atoms with Gasteiger partial charge in [0.15, 0.2) is 16.1 Å². The second-order valence-electron chi connectivity index (χ2n) is 5.15. The largest absolute Gasteiger partial charge is 0.493 e. The van der Waals surface area contributed by atoms with Crippen LogP contribution in [0, 0.1) is 0 Å². The maximum Gasteiger partial charge on any atom is 0.236 e. The summed E-state index contributed by atoms with van der Waals surface area (Å²) in [5.41, 5.74) is 0.891. The molecule has 0 spiro atoms. The van der Waals surface area contributed by atoms with Crippen molar-refractivity contribution in [2.24, 2.45) is 0 Å². The highest BCUT2D eigenvalue weighted by Crippen LogP contribution is 2.31. The Hall–Kier alpha value is -2.39. The summed E-state index contributed by atoms with van der Waals surface area (Å²) in [5.74, 6) is 1.63. The number of nitrogens with one attached hydrogen (secondary N) is 1. The molecular weight excluding hydrogens is 370 g/mol. The van der Waals surface area contributed by atoms with Crippen LogP contribution in [0.2, 0.25) is 0 Å². The maximum atomic E-state index is 12.1. The number of hydrogen-bond donors (Lipinski definition) is 1. The summed E-state index contributed by atoms with van der Waals surface area (Å²) in [6.45, 7) is 5.24. The van der Waals surface area contributed by atoms with Gasteiger partial charge in [-0.3, -0.25) is 4.79 Å². The smallest absolute Gasteiger partial charge is 0.236 e. The molecule has 0 unspecified atom stereocenters. The molecule has 2 aromatic heterocycles. The van der Waals surface area contributed by atoms with Gasteiger partial charge in [0.05, 0.1) is 17.9 Å². The zero-order chi connectivity index (χ0) is 18.4. The molecule has 7 nitrogen and oxygen atoms in total. The summed E-state index contributed by atoms with van der Waals surface area (Å²) in [7, 11) is 0. The second-order valence-corrected chi connectivity index (χ2v) is 6.99. The fourth-order valence-corrected chi connectivity index (χ4v) is 3.73. The molecule has 9 heteroatoms. The molecule has 0 aliphatic carbocycles. The van der Waals surface area contributed by atoms with E-state index in [0.29, 0.717) is 23.4 Å². The van der Waals surface area contributed by atoms with E-state index >= 15 is 0 Å². The van der Waals surface area contributed by atoms with Crippen LogP contribution in [0.1, 0.15) is 13.8 Å². The highest BCUT2D eigenvalue weighted by Gasteiger charge is 2.17. The number of carbonyl (C=O) groups excluding carboxylic acids is 1. The van der Waals surface area contributed by atoms with Crippen molar-refractivity contribution in [2.45, 2.75) is 25.5 Å². The Kier molecular flexibility index (Phi) is 6.24. The monoisotopic (exact) mass is 389 g/mol. The molecule has 3 rings (SSSR count). The van der Waals surface area contributed by atoms with Gasteiger partial charge in [0.2, 0.25) is 5.91 Å². The van der Waals surface area contributed by atoms with Crippen molar-refractivity contribution in [3.8, 4) is 17.1 Å². The minimum atomic E-state index is -0.119. The number of aromatic nitrogens is 4. The molecule has 1 N–H and O–H groups in total. The number of para-hydroxylation sites is 1. The van der Waals surface area contributed by atoms with Gasteiger partial charge in [0.25, 0.3) is 0 Å². The number of ether oxygens (including phenoxy) is 1. The van der Waals surface area contributed by atoms with Crippen molar-refractivity contribution in [3.05, 3.63) is 35.8 Å². The van der Waals surface area contributed by atoms with Crippen molar-refractivity contribution in [2.75, 3.05) is 17.7 Å². The van der Waals surface area contributed by atoms with Gasteiger partial charge < -0.3 is 14.6 Å². The number of anilines is 1. The average molecular weight is 390 g/mol. The van der Waals surface area contributed by atoms with Gasteiger partial charge in [-0.2, -0.15) is 0 Å². The zero-order valence-electron chi connectivity index (χ0n) is 14.5. The standard InChI is InChI=1S/C17H19N5O2S2/c1-3-22-15(12-7-5-6-8-13(12)24-4-2)20-21-17(22)26-11-14(23)19-16-18-9-10-25-16/h5-10H,3-4,11H2,1-2H3,(H,18,19,23). The lowest BCUT2D eigenvalue weighted by Gasteiger charge is -2.11. The fourth-order valence-electron chi connectivity index (χ4n) is 2.38. The third-order valence-corrected chi connectivity index (χ3v) is 5.13. The first-order valence-electron chi connectivity index (χ1n) is 8.20. The van der Waals surface area contributed by atoms with Crippen LogP contribution in [0.15, 0.2) is 41.0 Å². The zero-order valence-corrected chi connectivity index (χ0v) is 16.1. The van der Waals surface area contributed by atoms with Crippen LogP contribution in [0.4, 0.5) is 5.13 Å². The molecule has 0 atom stereocenters. The summed E-state index contributed by atoms with van der Waals surface area (Å²) < 4.78 is 7.68. The number of carbonyl (C=O) groups is 1. The lowest BCUT2D eigenvalue weighted by molar-refractivity contribution is -0.113. The number of thiazole rings is 1. The molecular formula is C17H19N5O2S2. The van der Waals surface area contributed by atoms with Crippen LogP contribution in [-0.4, -0.2) is 38.0 Å². The van der Waals surface area contributed by atoms with Crippen LogP contribution < -0.4 is 10.1 Å². The van der Waals surface area contributed by atoms with E-state index in [4.69, 9.17) is 4.74 Å². The van der Waals surface area contributed by atoms with Crippen molar-refractivity contribution in [1.29, 1.82) is 0 Å². The minimum absolute atomic E-state index is 0.119. The number of rotatable bonds is 8. The van der Waals surface area contributed by atoms with E-state index in [1.807, 2.05) is 48.1 Å². The number of thioether (sulfide) groups is 1. The Balaban J connectivity index is 1.75. The number of nitrogens with zero attached hydrogens (tertiary/aromatic N) is 4. The van der Waals surface area contributed by atoms with Crippen molar-refractivity contribution in [3.63, 3.8) is 0 Å². The summed E-state index contributed by atoms with van der Waals surface area (Å²) in [6.07, 6.45) is 1.66. The third kappa shape index (κ3) is 4.23. The topological polar surface area (TPSA) is 81.9 Å². The SMILES string of the molecule is CCOc1ccccc1-c1nnc(SCC(=O)Nc2nccs2)n1CC. The molecule has 0 saturated carbocycles. The molecule has 0 aliphatic rings. The first kappa shape index (κ1) is 18.4. The van der Waals surface area contributed by atoms with E-state index in [9.17, 15) is 4.79 Å². The molecule has 0 fully saturated rings. The number of benzene rings is 1. The highest BCUT2D eigenvalue weighted by atomic mass is 32.2. The fraction of sp³-hybridized carbons (Fsp3) is 0.294. The quantitative estimate of drug-likeness (QED) is 0.593. The van der Waals surface area contributed by atoms with Gasteiger partial charge >= 0.3 is 0 Å². The molecule has 0 aliphatic heterocycles. The Bertz CT molecular complexity index is 864. The minimum Gasteiger partial charge on any atom is -0.493 e. The van der Waals surface area contributed by atoms with E-state index in [1.165, 1.54) is 23.1 Å². The number of hydrogen-bond acceptors (Lipinski definition) is 7. The van der Waals surface area contributed by atoms with Gasteiger partial charge in [-0.1, -0.05) is 23.9 Å². The van der Waals surface area contributed by atoms with E-state index in [1.54, 1.807) is 6.20 Å². The number of amides is 1. The van der Waals surface area contributed by atoms with Gasteiger partial charge in [-0.15, -0.1) is 21.5 Å². The third-order valence-electron chi connectivity index (χ3n) is 3.47. The Morgan fingerprint density at radius 3 is 2.88 bits per heavy atom. The summed E-state index contributed by atoms with van der Waals surface area (Å²) >= 11 is 2.74. The molecule has 1 amide bonds. The average Bonchev–Trinajstić information content (AvgIpc) is 3.30. The van der Waals surface area contributed by atoms with Crippen LogP contribution >= 0.6 is 23.1 Å². The summed E-state index contributed by atoms with van der Waals surface area (Å²) in [6, 6.07) is 7.76. The predicted molar refractivity (Wildman–Crippen MR) is 104 cm³/mol. The van der Waals surface area contributed by atoms with Crippen molar-refractivity contribution < 1.29 is 9.53 Å². The molecule has 136 valence electrons. The molecule has 2 heterocycles. The van der Waals surface area contributed by atoms with E-state index in [2.05, 4.69) is 20.5 Å². The lowest BCUT2D eigenvalue weighted by atomic mass is 10.2. The highest BCUT2D eigenvalue weighted by molar-refractivity contribution is 7.99. The normalized spacial score (nSPS) is 10.7. The summed E-state index contributed by atoms with van der Waals surface area (Å²) in [5, 5.41) is 14.5. The predicted octanol–water partition coefficient (Wildman–Crippen LogP) is 3.55. The molecule has 0 saturated heterocycles. The van der Waals surface area contributed by atoms with Gasteiger partial charge in [0, 0.05) is 18.1 Å². The van der Waals surface area contributed by atoms with Crippen LogP contribution in [0.5, 0.6) is 5.75 Å². The van der Waals surface area contributed by atoms with Gasteiger partial charge in [-0.25, -0.2) is 4.98 Å².